The number of amides is 2. The van der Waals surface area contributed by atoms with Crippen molar-refractivity contribution in [1.29, 1.82) is 0 Å². The molecule has 0 saturated carbocycles. The number of primary amides is 2. The lowest BCUT2D eigenvalue weighted by atomic mass is 9.76. The molecule has 4 N–H and O–H groups in total. The zero-order chi connectivity index (χ0) is 20.8. The van der Waals surface area contributed by atoms with Crippen LogP contribution in [0, 0.1) is 5.92 Å². The highest BCUT2D eigenvalue weighted by Crippen LogP contribution is 2.46. The van der Waals surface area contributed by atoms with Crippen molar-refractivity contribution in [3.63, 3.8) is 0 Å². The van der Waals surface area contributed by atoms with E-state index in [0.717, 1.165) is 16.0 Å². The Morgan fingerprint density at radius 3 is 2.61 bits per heavy atom. The number of nitrogens with two attached hydrogens (primary N) is 2. The first kappa shape index (κ1) is 20.4. The van der Waals surface area contributed by atoms with Gasteiger partial charge in [-0.2, -0.15) is 18.3 Å². The molecule has 0 fully saturated rings. The highest BCUT2D eigenvalue weighted by atomic mass is 32.1. The molecule has 3 atom stereocenters. The fourth-order valence-corrected chi connectivity index (χ4v) is 5.09. The van der Waals surface area contributed by atoms with E-state index in [2.05, 4.69) is 5.10 Å². The van der Waals surface area contributed by atoms with Crippen molar-refractivity contribution >= 4 is 23.2 Å². The summed E-state index contributed by atoms with van der Waals surface area (Å²) in [7, 11) is 0. The maximum absolute atomic E-state index is 13.8. The number of fused-ring (bicyclic) bond motifs is 1. The SMILES string of the molecule is CCC1c2c(C(F)(F)F)nn(C(C(N)=O)c3sccc3C(N)=O)c2CCC1C. The Hall–Kier alpha value is -2.36. The Morgan fingerprint density at radius 1 is 1.39 bits per heavy atom. The van der Waals surface area contributed by atoms with E-state index in [1.54, 1.807) is 5.38 Å². The van der Waals surface area contributed by atoms with Crippen molar-refractivity contribution < 1.29 is 22.8 Å². The summed E-state index contributed by atoms with van der Waals surface area (Å²) in [5, 5.41) is 5.36. The molecule has 1 aliphatic rings. The molecule has 3 unspecified atom stereocenters. The van der Waals surface area contributed by atoms with E-state index in [4.69, 9.17) is 11.5 Å². The molecule has 6 nitrogen and oxygen atoms in total. The predicted molar refractivity (Wildman–Crippen MR) is 97.9 cm³/mol. The molecule has 3 rings (SSSR count). The van der Waals surface area contributed by atoms with Crippen LogP contribution in [0.1, 0.15) is 70.8 Å². The molecule has 2 aromatic rings. The van der Waals surface area contributed by atoms with Gasteiger partial charge in [0.2, 0.25) is 11.8 Å². The third kappa shape index (κ3) is 3.30. The van der Waals surface area contributed by atoms with Gasteiger partial charge in [0.25, 0.3) is 0 Å². The summed E-state index contributed by atoms with van der Waals surface area (Å²) < 4.78 is 42.4. The molecule has 2 amide bonds. The van der Waals surface area contributed by atoms with E-state index >= 15 is 0 Å². The average molecular weight is 414 g/mol. The number of rotatable bonds is 5. The minimum Gasteiger partial charge on any atom is -0.367 e. The standard InChI is InChI=1S/C18H21F3N4O2S/c1-3-9-8(2)4-5-11-12(9)15(18(19,20)21)24-25(11)13(17(23)27)14-10(16(22)26)6-7-28-14/h6-9,13H,3-5H2,1-2H3,(H2,22,26)(H2,23,27). The van der Waals surface area contributed by atoms with E-state index in [1.807, 2.05) is 13.8 Å². The molecule has 0 aromatic carbocycles. The van der Waals surface area contributed by atoms with Crippen LogP contribution < -0.4 is 11.5 Å². The highest BCUT2D eigenvalue weighted by Gasteiger charge is 2.45. The van der Waals surface area contributed by atoms with Gasteiger partial charge in [0.1, 0.15) is 0 Å². The van der Waals surface area contributed by atoms with Gasteiger partial charge in [-0.1, -0.05) is 13.8 Å². The Kier molecular flexibility index (Phi) is 5.26. The number of halogens is 3. The maximum Gasteiger partial charge on any atom is 0.435 e. The zero-order valence-electron chi connectivity index (χ0n) is 15.4. The quantitative estimate of drug-likeness (QED) is 0.785. The van der Waals surface area contributed by atoms with Gasteiger partial charge >= 0.3 is 6.18 Å². The van der Waals surface area contributed by atoms with Gasteiger partial charge in [0.15, 0.2) is 11.7 Å². The molecule has 28 heavy (non-hydrogen) atoms. The number of carbonyl (C=O) groups is 2. The van der Waals surface area contributed by atoms with Crippen LogP contribution in [-0.2, 0) is 17.4 Å². The van der Waals surface area contributed by atoms with Crippen LogP contribution in [0.3, 0.4) is 0 Å². The van der Waals surface area contributed by atoms with Crippen LogP contribution >= 0.6 is 11.3 Å². The van der Waals surface area contributed by atoms with E-state index in [0.29, 0.717) is 25.0 Å². The summed E-state index contributed by atoms with van der Waals surface area (Å²) in [6, 6.07) is 0.105. The minimum atomic E-state index is -4.66. The molecule has 0 aliphatic heterocycles. The Balaban J connectivity index is 2.27. The van der Waals surface area contributed by atoms with Crippen molar-refractivity contribution in [2.75, 3.05) is 0 Å². The lowest BCUT2D eigenvalue weighted by Gasteiger charge is -2.30. The second kappa shape index (κ2) is 7.23. The summed E-state index contributed by atoms with van der Waals surface area (Å²) >= 11 is 1.04. The fraction of sp³-hybridized carbons (Fsp3) is 0.500. The van der Waals surface area contributed by atoms with Gasteiger partial charge in [0, 0.05) is 11.3 Å². The molecule has 2 heterocycles. The summed E-state index contributed by atoms with van der Waals surface area (Å²) in [6.45, 7) is 3.76. The lowest BCUT2D eigenvalue weighted by Crippen LogP contribution is -2.31. The van der Waals surface area contributed by atoms with Gasteiger partial charge in [-0.15, -0.1) is 11.3 Å². The lowest BCUT2D eigenvalue weighted by molar-refractivity contribution is -0.142. The number of hydrogen-bond acceptors (Lipinski definition) is 4. The molecule has 0 saturated heterocycles. The smallest absolute Gasteiger partial charge is 0.367 e. The minimum absolute atomic E-state index is 0.0582. The molecular formula is C18H21F3N4O2S. The zero-order valence-corrected chi connectivity index (χ0v) is 16.2. The van der Waals surface area contributed by atoms with Crippen LogP contribution in [-0.4, -0.2) is 21.6 Å². The number of alkyl halides is 3. The van der Waals surface area contributed by atoms with Crippen LogP contribution in [0.25, 0.3) is 0 Å². The first-order valence-electron chi connectivity index (χ1n) is 8.92. The summed E-state index contributed by atoms with van der Waals surface area (Å²) in [5.41, 5.74) is 10.5. The predicted octanol–water partition coefficient (Wildman–Crippen LogP) is 3.21. The second-order valence-electron chi connectivity index (χ2n) is 7.05. The Labute approximate surface area is 163 Å². The number of carbonyl (C=O) groups excluding carboxylic acids is 2. The van der Waals surface area contributed by atoms with Crippen molar-refractivity contribution in [3.8, 4) is 0 Å². The van der Waals surface area contributed by atoms with Crippen molar-refractivity contribution in [2.45, 2.75) is 51.2 Å². The number of hydrogen-bond donors (Lipinski definition) is 2. The molecule has 10 heteroatoms. The number of aromatic nitrogens is 2. The molecule has 2 aromatic heterocycles. The Bertz CT molecular complexity index is 919. The van der Waals surface area contributed by atoms with Crippen LogP contribution in [0.4, 0.5) is 13.2 Å². The molecular weight excluding hydrogens is 393 g/mol. The van der Waals surface area contributed by atoms with Gasteiger partial charge < -0.3 is 11.5 Å². The first-order valence-corrected chi connectivity index (χ1v) is 9.80. The summed E-state index contributed by atoms with van der Waals surface area (Å²) in [4.78, 5) is 24.2. The summed E-state index contributed by atoms with van der Waals surface area (Å²) in [6.07, 6.45) is -3.12. The monoisotopic (exact) mass is 414 g/mol. The van der Waals surface area contributed by atoms with Crippen molar-refractivity contribution in [1.82, 2.24) is 9.78 Å². The third-order valence-corrected chi connectivity index (χ3v) is 6.35. The van der Waals surface area contributed by atoms with Gasteiger partial charge in [-0.25, -0.2) is 0 Å². The molecule has 152 valence electrons. The third-order valence-electron chi connectivity index (χ3n) is 5.38. The molecule has 1 aliphatic carbocycles. The van der Waals surface area contributed by atoms with Crippen molar-refractivity contribution in [2.24, 2.45) is 17.4 Å². The normalized spacial score (nSPS) is 20.6. The topological polar surface area (TPSA) is 104 Å². The molecule has 0 spiro atoms. The fourth-order valence-electron chi connectivity index (χ4n) is 4.10. The summed E-state index contributed by atoms with van der Waals surface area (Å²) in [5.74, 6) is -1.93. The van der Waals surface area contributed by atoms with Gasteiger partial charge in [-0.05, 0) is 42.5 Å². The average Bonchev–Trinajstić information content (AvgIpc) is 3.20. The van der Waals surface area contributed by atoms with Crippen molar-refractivity contribution in [3.05, 3.63) is 38.8 Å². The maximum atomic E-state index is 13.8. The van der Waals surface area contributed by atoms with E-state index in [-0.39, 0.29) is 27.8 Å². The number of thiophene rings is 1. The van der Waals surface area contributed by atoms with Gasteiger partial charge in [0.05, 0.1) is 10.4 Å². The highest BCUT2D eigenvalue weighted by molar-refractivity contribution is 7.10. The first-order chi connectivity index (χ1) is 13.1. The largest absolute Gasteiger partial charge is 0.435 e. The van der Waals surface area contributed by atoms with Crippen LogP contribution in [0.5, 0.6) is 0 Å². The van der Waals surface area contributed by atoms with Crippen LogP contribution in [0.2, 0.25) is 0 Å². The molecule has 0 radical (unpaired) electrons. The Morgan fingerprint density at radius 2 is 2.07 bits per heavy atom. The van der Waals surface area contributed by atoms with E-state index < -0.39 is 29.7 Å². The van der Waals surface area contributed by atoms with Gasteiger partial charge in [-0.3, -0.25) is 14.3 Å². The van der Waals surface area contributed by atoms with Crippen LogP contribution in [0.15, 0.2) is 11.4 Å². The van der Waals surface area contributed by atoms with E-state index in [1.165, 1.54) is 6.07 Å². The van der Waals surface area contributed by atoms with E-state index in [9.17, 15) is 22.8 Å². The second-order valence-corrected chi connectivity index (χ2v) is 8.00. The molecule has 0 bridgehead atoms. The number of nitrogens with zero attached hydrogens (tertiary/aromatic N) is 2.